The van der Waals surface area contributed by atoms with Crippen LogP contribution in [0.1, 0.15) is 30.3 Å². The SMILES string of the molecule is CC1CC[C@H](C(=O)Nc2ccnc(C(N)=O)c2)O1.COC.COc1cccc(F)c1F. The number of halogens is 2. The van der Waals surface area contributed by atoms with Crippen LogP contribution in [0.25, 0.3) is 0 Å². The molecular weight excluding hydrogens is 412 g/mol. The molecule has 8 nitrogen and oxygen atoms in total. The Morgan fingerprint density at radius 3 is 2.39 bits per heavy atom. The second-order valence-electron chi connectivity index (χ2n) is 6.46. The van der Waals surface area contributed by atoms with Crippen LogP contribution < -0.4 is 15.8 Å². The van der Waals surface area contributed by atoms with Gasteiger partial charge in [0.1, 0.15) is 11.8 Å². The summed E-state index contributed by atoms with van der Waals surface area (Å²) in [6.45, 7) is 1.94. The van der Waals surface area contributed by atoms with Crippen LogP contribution in [0.15, 0.2) is 36.5 Å². The molecule has 2 aromatic rings. The van der Waals surface area contributed by atoms with Crippen LogP contribution in [0.5, 0.6) is 5.75 Å². The minimum Gasteiger partial charge on any atom is -0.494 e. The number of amides is 2. The normalized spacial score (nSPS) is 16.8. The van der Waals surface area contributed by atoms with Gasteiger partial charge >= 0.3 is 0 Å². The molecular formula is C21H27F2N3O5. The van der Waals surface area contributed by atoms with E-state index in [2.05, 4.69) is 19.8 Å². The van der Waals surface area contributed by atoms with Crippen molar-refractivity contribution in [1.82, 2.24) is 4.98 Å². The average Bonchev–Trinajstić information content (AvgIpc) is 3.18. The number of methoxy groups -OCH3 is 2. The number of benzene rings is 1. The van der Waals surface area contributed by atoms with E-state index in [-0.39, 0.29) is 23.5 Å². The highest BCUT2D eigenvalue weighted by atomic mass is 19.2. The van der Waals surface area contributed by atoms with E-state index in [4.69, 9.17) is 10.5 Å². The number of hydrogen-bond acceptors (Lipinski definition) is 6. The highest BCUT2D eigenvalue weighted by molar-refractivity contribution is 5.96. The van der Waals surface area contributed by atoms with Gasteiger partial charge in [-0.15, -0.1) is 0 Å². The largest absolute Gasteiger partial charge is 0.494 e. The lowest BCUT2D eigenvalue weighted by atomic mass is 10.2. The highest BCUT2D eigenvalue weighted by Gasteiger charge is 2.28. The summed E-state index contributed by atoms with van der Waals surface area (Å²) < 4.78 is 39.0. The lowest BCUT2D eigenvalue weighted by molar-refractivity contribution is -0.126. The smallest absolute Gasteiger partial charge is 0.267 e. The van der Waals surface area contributed by atoms with E-state index in [1.165, 1.54) is 31.5 Å². The minimum atomic E-state index is -0.940. The molecule has 1 saturated heterocycles. The van der Waals surface area contributed by atoms with E-state index in [1.807, 2.05) is 6.92 Å². The predicted molar refractivity (Wildman–Crippen MR) is 111 cm³/mol. The van der Waals surface area contributed by atoms with Crippen molar-refractivity contribution in [2.45, 2.75) is 32.0 Å². The van der Waals surface area contributed by atoms with Crippen molar-refractivity contribution in [3.8, 4) is 5.75 Å². The van der Waals surface area contributed by atoms with E-state index >= 15 is 0 Å². The van der Waals surface area contributed by atoms with Gasteiger partial charge in [0.05, 0.1) is 13.2 Å². The zero-order valence-electron chi connectivity index (χ0n) is 17.9. The van der Waals surface area contributed by atoms with Gasteiger partial charge in [-0.05, 0) is 44.0 Å². The maximum atomic E-state index is 12.5. The fraction of sp³-hybridized carbons (Fsp3) is 0.381. The molecule has 31 heavy (non-hydrogen) atoms. The molecule has 10 heteroatoms. The summed E-state index contributed by atoms with van der Waals surface area (Å²) >= 11 is 0. The number of anilines is 1. The minimum absolute atomic E-state index is 0.0694. The van der Waals surface area contributed by atoms with Crippen LogP contribution in [0.2, 0.25) is 0 Å². The highest BCUT2D eigenvalue weighted by Crippen LogP contribution is 2.20. The first-order chi connectivity index (χ1) is 14.7. The van der Waals surface area contributed by atoms with E-state index in [1.54, 1.807) is 20.3 Å². The molecule has 170 valence electrons. The predicted octanol–water partition coefficient (Wildman–Crippen LogP) is 2.92. The molecule has 1 fully saturated rings. The number of hydrogen-bond donors (Lipinski definition) is 2. The van der Waals surface area contributed by atoms with Gasteiger partial charge in [0.2, 0.25) is 5.82 Å². The number of primary amides is 1. The lowest BCUT2D eigenvalue weighted by Crippen LogP contribution is -2.28. The molecule has 2 amide bonds. The number of carbonyl (C=O) groups is 2. The first-order valence-corrected chi connectivity index (χ1v) is 9.33. The van der Waals surface area contributed by atoms with Crippen LogP contribution in [0.4, 0.5) is 14.5 Å². The Morgan fingerprint density at radius 1 is 1.19 bits per heavy atom. The first-order valence-electron chi connectivity index (χ1n) is 9.33. The fourth-order valence-corrected chi connectivity index (χ4v) is 2.50. The number of ether oxygens (including phenoxy) is 3. The Bertz CT molecular complexity index is 867. The van der Waals surface area contributed by atoms with E-state index < -0.39 is 23.6 Å². The summed E-state index contributed by atoms with van der Waals surface area (Å²) in [6.07, 6.45) is 2.69. The van der Waals surface area contributed by atoms with E-state index in [9.17, 15) is 18.4 Å². The Balaban J connectivity index is 0.000000311. The van der Waals surface area contributed by atoms with Crippen molar-refractivity contribution in [2.75, 3.05) is 26.6 Å². The molecule has 1 aromatic heterocycles. The molecule has 1 aliphatic rings. The molecule has 0 aliphatic carbocycles. The molecule has 1 aromatic carbocycles. The number of aromatic nitrogens is 1. The van der Waals surface area contributed by atoms with Crippen molar-refractivity contribution in [1.29, 1.82) is 0 Å². The van der Waals surface area contributed by atoms with Crippen LogP contribution in [-0.2, 0) is 14.3 Å². The summed E-state index contributed by atoms with van der Waals surface area (Å²) in [5.74, 6) is -2.73. The second kappa shape index (κ2) is 13.2. The third-order valence-corrected chi connectivity index (χ3v) is 3.94. The third-order valence-electron chi connectivity index (χ3n) is 3.94. The van der Waals surface area contributed by atoms with Gasteiger partial charge in [-0.3, -0.25) is 14.6 Å². The number of rotatable bonds is 4. The number of carbonyl (C=O) groups excluding carboxylic acids is 2. The van der Waals surface area contributed by atoms with Crippen molar-refractivity contribution in [3.63, 3.8) is 0 Å². The van der Waals surface area contributed by atoms with Gasteiger partial charge < -0.3 is 25.3 Å². The van der Waals surface area contributed by atoms with Gasteiger partial charge in [-0.1, -0.05) is 6.07 Å². The monoisotopic (exact) mass is 439 g/mol. The van der Waals surface area contributed by atoms with Crippen LogP contribution in [0.3, 0.4) is 0 Å². The zero-order valence-corrected chi connectivity index (χ0v) is 17.9. The summed E-state index contributed by atoms with van der Waals surface area (Å²) in [5, 5.41) is 2.69. The van der Waals surface area contributed by atoms with Gasteiger partial charge in [-0.2, -0.15) is 4.39 Å². The van der Waals surface area contributed by atoms with Crippen LogP contribution in [0, 0.1) is 11.6 Å². The molecule has 0 radical (unpaired) electrons. The molecule has 2 atom stereocenters. The molecule has 0 spiro atoms. The Labute approximate surface area is 179 Å². The van der Waals surface area contributed by atoms with Crippen LogP contribution in [-0.4, -0.2) is 50.3 Å². The van der Waals surface area contributed by atoms with Crippen LogP contribution >= 0.6 is 0 Å². The molecule has 3 N–H and O–H groups in total. The molecule has 2 heterocycles. The molecule has 0 bridgehead atoms. The van der Waals surface area contributed by atoms with E-state index in [0.717, 1.165) is 12.5 Å². The lowest BCUT2D eigenvalue weighted by Gasteiger charge is -2.11. The topological polar surface area (TPSA) is 113 Å². The van der Waals surface area contributed by atoms with Gasteiger partial charge in [0, 0.05) is 26.1 Å². The van der Waals surface area contributed by atoms with Crippen molar-refractivity contribution in [2.24, 2.45) is 5.73 Å². The number of nitrogens with one attached hydrogen (secondary N) is 1. The summed E-state index contributed by atoms with van der Waals surface area (Å²) in [7, 11) is 4.54. The third kappa shape index (κ3) is 8.65. The quantitative estimate of drug-likeness (QED) is 0.758. The molecule has 0 saturated carbocycles. The van der Waals surface area contributed by atoms with Crippen molar-refractivity contribution in [3.05, 3.63) is 53.9 Å². The van der Waals surface area contributed by atoms with Gasteiger partial charge in [0.25, 0.3) is 11.8 Å². The summed E-state index contributed by atoms with van der Waals surface area (Å²) in [4.78, 5) is 26.6. The summed E-state index contributed by atoms with van der Waals surface area (Å²) in [5.41, 5.74) is 5.73. The Kier molecular flexibility index (Phi) is 11.1. The average molecular weight is 439 g/mol. The number of pyridine rings is 1. The summed E-state index contributed by atoms with van der Waals surface area (Å²) in [6, 6.07) is 6.83. The van der Waals surface area contributed by atoms with E-state index in [0.29, 0.717) is 12.1 Å². The maximum absolute atomic E-state index is 12.5. The van der Waals surface area contributed by atoms with Crippen molar-refractivity contribution >= 4 is 17.5 Å². The number of nitrogens with two attached hydrogens (primary N) is 1. The Morgan fingerprint density at radius 2 is 1.87 bits per heavy atom. The van der Waals surface area contributed by atoms with Crippen molar-refractivity contribution < 1.29 is 32.6 Å². The zero-order chi connectivity index (χ0) is 23.4. The molecule has 1 unspecified atom stereocenters. The van der Waals surface area contributed by atoms with Gasteiger partial charge in [-0.25, -0.2) is 4.39 Å². The fourth-order valence-electron chi connectivity index (χ4n) is 2.50. The molecule has 1 aliphatic heterocycles. The molecule has 3 rings (SSSR count). The standard InChI is InChI=1S/C12H15N3O3.C7H6F2O.C2H6O/c1-7-2-3-10(18-7)12(17)15-8-4-5-14-9(6-8)11(13)16;1-10-6-4-2-3-5(8)7(6)9;1-3-2/h4-7,10H,2-3H2,1H3,(H2,13,16)(H,14,15,17);2-4H,1H3;1-2H3/t7?,10-;;/m1../s1. The maximum Gasteiger partial charge on any atom is 0.267 e. The second-order valence-corrected chi connectivity index (χ2v) is 6.46. The number of nitrogens with zero attached hydrogens (tertiary/aromatic N) is 1. The van der Waals surface area contributed by atoms with Gasteiger partial charge in [0.15, 0.2) is 11.6 Å². The Hall–Kier alpha value is -3.11. The first kappa shape index (κ1) is 25.9.